The molecule has 1 aliphatic rings. The molecule has 0 heterocycles. The average Bonchev–Trinajstić information content (AvgIpc) is 2.57. The maximum Gasteiger partial charge on any atom is 0.100 e. The van der Waals surface area contributed by atoms with Crippen LogP contribution in [-0.2, 0) is 0 Å². The summed E-state index contributed by atoms with van der Waals surface area (Å²) in [5.74, 6) is 0.772. The van der Waals surface area contributed by atoms with Gasteiger partial charge in [0.15, 0.2) is 0 Å². The standard InChI is InChI=1S/C11H21NO/c1-3-8-11(2,12-13)9-10-6-4-5-7-10/h10H,3-9H2,1-2H3. The molecule has 1 aliphatic carbocycles. The zero-order chi connectivity index (χ0) is 9.73. The Morgan fingerprint density at radius 3 is 2.46 bits per heavy atom. The normalized spacial score (nSPS) is 22.9. The molecule has 1 unspecified atom stereocenters. The third-order valence-electron chi connectivity index (χ3n) is 3.21. The van der Waals surface area contributed by atoms with Crippen LogP contribution in [0.3, 0.4) is 0 Å². The Morgan fingerprint density at radius 2 is 2.00 bits per heavy atom. The highest BCUT2D eigenvalue weighted by atomic mass is 16.3. The van der Waals surface area contributed by atoms with E-state index >= 15 is 0 Å². The van der Waals surface area contributed by atoms with E-state index in [0.717, 1.165) is 25.2 Å². The summed E-state index contributed by atoms with van der Waals surface area (Å²) in [4.78, 5) is 10.8. The van der Waals surface area contributed by atoms with Crippen LogP contribution < -0.4 is 0 Å². The molecule has 0 radical (unpaired) electrons. The van der Waals surface area contributed by atoms with E-state index in [1.54, 1.807) is 0 Å². The van der Waals surface area contributed by atoms with Crippen LogP contribution in [0.4, 0.5) is 0 Å². The third kappa shape index (κ3) is 3.09. The molecule has 1 saturated carbocycles. The van der Waals surface area contributed by atoms with Crippen LogP contribution in [0.25, 0.3) is 0 Å². The van der Waals surface area contributed by atoms with Crippen molar-refractivity contribution in [2.75, 3.05) is 0 Å². The van der Waals surface area contributed by atoms with Gasteiger partial charge in [-0.3, -0.25) is 0 Å². The van der Waals surface area contributed by atoms with E-state index < -0.39 is 0 Å². The minimum atomic E-state index is -0.274. The molecule has 0 saturated heterocycles. The van der Waals surface area contributed by atoms with Crippen LogP contribution in [0.2, 0.25) is 0 Å². The molecule has 1 fully saturated rings. The maximum absolute atomic E-state index is 10.8. The smallest absolute Gasteiger partial charge is 0.100 e. The van der Waals surface area contributed by atoms with Gasteiger partial charge in [-0.05, 0) is 25.7 Å². The van der Waals surface area contributed by atoms with E-state index in [-0.39, 0.29) is 5.54 Å². The Balaban J connectivity index is 2.41. The van der Waals surface area contributed by atoms with Crippen molar-refractivity contribution < 1.29 is 0 Å². The van der Waals surface area contributed by atoms with E-state index in [9.17, 15) is 4.91 Å². The molecule has 0 aromatic rings. The molecule has 2 nitrogen and oxygen atoms in total. The van der Waals surface area contributed by atoms with E-state index in [4.69, 9.17) is 0 Å². The highest BCUT2D eigenvalue weighted by Gasteiger charge is 2.29. The summed E-state index contributed by atoms with van der Waals surface area (Å²) in [5, 5.41) is 3.32. The van der Waals surface area contributed by atoms with Crippen molar-refractivity contribution in [1.29, 1.82) is 0 Å². The molecule has 0 spiro atoms. The first kappa shape index (κ1) is 10.7. The first-order valence-corrected chi connectivity index (χ1v) is 5.55. The van der Waals surface area contributed by atoms with Crippen LogP contribution in [0, 0.1) is 10.8 Å². The van der Waals surface area contributed by atoms with Gasteiger partial charge in [0.05, 0.1) is 0 Å². The second kappa shape index (κ2) is 4.73. The summed E-state index contributed by atoms with van der Waals surface area (Å²) in [7, 11) is 0. The van der Waals surface area contributed by atoms with Crippen molar-refractivity contribution in [2.24, 2.45) is 11.1 Å². The van der Waals surface area contributed by atoms with Gasteiger partial charge in [-0.15, -0.1) is 0 Å². The molecule has 1 rings (SSSR count). The number of nitroso groups, excluding NO2 is 1. The highest BCUT2D eigenvalue weighted by Crippen LogP contribution is 2.35. The zero-order valence-corrected chi connectivity index (χ0v) is 8.88. The lowest BCUT2D eigenvalue weighted by atomic mass is 9.85. The molecule has 0 N–H and O–H groups in total. The molecule has 76 valence electrons. The third-order valence-corrected chi connectivity index (χ3v) is 3.21. The summed E-state index contributed by atoms with van der Waals surface area (Å²) in [6, 6.07) is 0. The summed E-state index contributed by atoms with van der Waals surface area (Å²) in [5.41, 5.74) is -0.274. The average molecular weight is 183 g/mol. The Bertz CT molecular complexity index is 163. The largest absolute Gasteiger partial charge is 0.150 e. The number of hydrogen-bond donors (Lipinski definition) is 0. The molecule has 0 aromatic carbocycles. The fraction of sp³-hybridized carbons (Fsp3) is 1.00. The lowest BCUT2D eigenvalue weighted by Crippen LogP contribution is -2.24. The van der Waals surface area contributed by atoms with Crippen molar-refractivity contribution >= 4 is 0 Å². The quantitative estimate of drug-likeness (QED) is 0.594. The van der Waals surface area contributed by atoms with Crippen molar-refractivity contribution in [3.8, 4) is 0 Å². The van der Waals surface area contributed by atoms with Crippen LogP contribution >= 0.6 is 0 Å². The van der Waals surface area contributed by atoms with Crippen LogP contribution in [-0.4, -0.2) is 5.54 Å². The molecular formula is C11H21NO. The van der Waals surface area contributed by atoms with Gasteiger partial charge in [0, 0.05) is 0 Å². The maximum atomic E-state index is 10.8. The van der Waals surface area contributed by atoms with Crippen molar-refractivity contribution in [1.82, 2.24) is 0 Å². The lowest BCUT2D eigenvalue weighted by Gasteiger charge is -2.24. The van der Waals surface area contributed by atoms with E-state index in [0.29, 0.717) is 0 Å². The first-order valence-electron chi connectivity index (χ1n) is 5.55. The molecule has 1 atom stereocenters. The Morgan fingerprint density at radius 1 is 1.38 bits per heavy atom. The van der Waals surface area contributed by atoms with Gasteiger partial charge in [0.25, 0.3) is 0 Å². The predicted octanol–water partition coefficient (Wildman–Crippen LogP) is 3.89. The summed E-state index contributed by atoms with van der Waals surface area (Å²) >= 11 is 0. The van der Waals surface area contributed by atoms with Crippen LogP contribution in [0.15, 0.2) is 5.18 Å². The van der Waals surface area contributed by atoms with Gasteiger partial charge in [-0.2, -0.15) is 4.91 Å². The molecule has 0 aliphatic heterocycles. The van der Waals surface area contributed by atoms with Crippen LogP contribution in [0.1, 0.15) is 58.8 Å². The molecule has 0 amide bonds. The molecule has 0 bridgehead atoms. The second-order valence-electron chi connectivity index (χ2n) is 4.69. The van der Waals surface area contributed by atoms with Crippen molar-refractivity contribution in [3.05, 3.63) is 4.91 Å². The van der Waals surface area contributed by atoms with Crippen molar-refractivity contribution in [2.45, 2.75) is 64.3 Å². The van der Waals surface area contributed by atoms with Gasteiger partial charge in [0.1, 0.15) is 5.54 Å². The fourth-order valence-electron chi connectivity index (χ4n) is 2.56. The Labute approximate surface area is 81.1 Å². The van der Waals surface area contributed by atoms with Gasteiger partial charge in [-0.1, -0.05) is 44.2 Å². The van der Waals surface area contributed by atoms with E-state index in [1.165, 1.54) is 25.7 Å². The highest BCUT2D eigenvalue weighted by molar-refractivity contribution is 4.86. The fourth-order valence-corrected chi connectivity index (χ4v) is 2.56. The van der Waals surface area contributed by atoms with Gasteiger partial charge in [0.2, 0.25) is 0 Å². The van der Waals surface area contributed by atoms with Gasteiger partial charge in [-0.25, -0.2) is 0 Å². The van der Waals surface area contributed by atoms with Crippen molar-refractivity contribution in [3.63, 3.8) is 0 Å². The van der Waals surface area contributed by atoms with Gasteiger partial charge < -0.3 is 0 Å². The summed E-state index contributed by atoms with van der Waals surface area (Å²) < 4.78 is 0. The predicted molar refractivity (Wildman–Crippen MR) is 55.7 cm³/mol. The lowest BCUT2D eigenvalue weighted by molar-refractivity contribution is 0.321. The Kier molecular flexibility index (Phi) is 3.89. The summed E-state index contributed by atoms with van der Waals surface area (Å²) in [6.07, 6.45) is 8.37. The second-order valence-corrected chi connectivity index (χ2v) is 4.69. The minimum Gasteiger partial charge on any atom is -0.150 e. The SMILES string of the molecule is CCCC(C)(CC1CCCC1)N=O. The molecule has 13 heavy (non-hydrogen) atoms. The van der Waals surface area contributed by atoms with E-state index in [2.05, 4.69) is 12.1 Å². The minimum absolute atomic E-state index is 0.274. The number of hydrogen-bond acceptors (Lipinski definition) is 2. The van der Waals surface area contributed by atoms with E-state index in [1.807, 2.05) is 6.92 Å². The molecule has 0 aromatic heterocycles. The number of nitrogens with zero attached hydrogens (tertiary/aromatic N) is 1. The molecule has 2 heteroatoms. The van der Waals surface area contributed by atoms with Gasteiger partial charge >= 0.3 is 0 Å². The van der Waals surface area contributed by atoms with Crippen LogP contribution in [0.5, 0.6) is 0 Å². The summed E-state index contributed by atoms with van der Waals surface area (Å²) in [6.45, 7) is 4.14. The zero-order valence-electron chi connectivity index (χ0n) is 8.88. The molecular weight excluding hydrogens is 162 g/mol. The topological polar surface area (TPSA) is 29.4 Å². The monoisotopic (exact) mass is 183 g/mol. The number of rotatable bonds is 5. The first-order chi connectivity index (χ1) is 6.20. The Hall–Kier alpha value is -0.400.